The smallest absolute Gasteiger partial charge is 0.245 e. The molecule has 0 aromatic rings. The third kappa shape index (κ3) is 2.10. The number of nitrogens with two attached hydrogens (primary N) is 2. The molecule has 0 bridgehead atoms. The van der Waals surface area contributed by atoms with Crippen molar-refractivity contribution in [2.75, 3.05) is 0 Å². The van der Waals surface area contributed by atoms with E-state index in [4.69, 9.17) is 11.5 Å². The summed E-state index contributed by atoms with van der Waals surface area (Å²) in [5.74, 6) is -0.581. The lowest BCUT2D eigenvalue weighted by atomic mass is 10.1. The van der Waals surface area contributed by atoms with Crippen molar-refractivity contribution in [3.63, 3.8) is 0 Å². The lowest BCUT2D eigenvalue weighted by Crippen LogP contribution is -2.28. The lowest BCUT2D eigenvalue weighted by molar-refractivity contribution is -0.114. The summed E-state index contributed by atoms with van der Waals surface area (Å²) in [5, 5.41) is 0. The Bertz CT molecular complexity index is 151. The number of hydrogen-bond acceptors (Lipinski definition) is 2. The average Bonchev–Trinajstić information content (AvgIpc) is 1.84. The molecule has 50 valence electrons. The van der Waals surface area contributed by atoms with Gasteiger partial charge in [0.05, 0.1) is 6.04 Å². The van der Waals surface area contributed by atoms with Crippen LogP contribution >= 0.6 is 0 Å². The molecule has 9 heavy (non-hydrogen) atoms. The van der Waals surface area contributed by atoms with Gasteiger partial charge in [0.25, 0.3) is 0 Å². The van der Waals surface area contributed by atoms with E-state index in [2.05, 4.69) is 13.2 Å². The number of carbonyl (C=O) groups is 1. The maximum absolute atomic E-state index is 10.3. The fraction of sp³-hybridized carbons (Fsp3) is 0.167. The van der Waals surface area contributed by atoms with Gasteiger partial charge >= 0.3 is 0 Å². The molecule has 0 rings (SSSR count). The normalized spacial score (nSPS) is 12.1. The first-order valence-electron chi connectivity index (χ1n) is 2.46. The molecule has 0 aromatic heterocycles. The van der Waals surface area contributed by atoms with Crippen LogP contribution in [-0.2, 0) is 4.79 Å². The second kappa shape index (κ2) is 3.04. The third-order valence-electron chi connectivity index (χ3n) is 0.973. The van der Waals surface area contributed by atoms with Crippen molar-refractivity contribution in [2.45, 2.75) is 6.04 Å². The molecule has 0 aliphatic heterocycles. The first-order chi connectivity index (χ1) is 4.09. The highest BCUT2D eigenvalue weighted by molar-refractivity contribution is 5.92. The van der Waals surface area contributed by atoms with Crippen molar-refractivity contribution in [1.29, 1.82) is 0 Å². The van der Waals surface area contributed by atoms with Gasteiger partial charge in [0, 0.05) is 5.57 Å². The van der Waals surface area contributed by atoms with E-state index in [-0.39, 0.29) is 5.57 Å². The number of hydrogen-bond donors (Lipinski definition) is 2. The standard InChI is InChI=1S/C6H10N2O/c1-3-5(7)4(2)6(8)9/h3,5H,1-2,7H2,(H2,8,9). The highest BCUT2D eigenvalue weighted by Crippen LogP contribution is 1.94. The van der Waals surface area contributed by atoms with Gasteiger partial charge in [-0.1, -0.05) is 12.7 Å². The van der Waals surface area contributed by atoms with Crippen molar-refractivity contribution >= 4 is 5.91 Å². The molecule has 0 aromatic carbocycles. The number of rotatable bonds is 3. The number of primary amides is 1. The molecule has 3 heteroatoms. The minimum Gasteiger partial charge on any atom is -0.366 e. The predicted octanol–water partition coefficient (Wildman–Crippen LogP) is -0.459. The fourth-order valence-corrected chi connectivity index (χ4v) is 0.307. The van der Waals surface area contributed by atoms with E-state index >= 15 is 0 Å². The first kappa shape index (κ1) is 7.91. The molecule has 1 amide bonds. The summed E-state index contributed by atoms with van der Waals surface area (Å²) >= 11 is 0. The van der Waals surface area contributed by atoms with E-state index in [9.17, 15) is 4.79 Å². The van der Waals surface area contributed by atoms with E-state index in [1.54, 1.807) is 0 Å². The van der Waals surface area contributed by atoms with Crippen LogP contribution in [0.2, 0.25) is 0 Å². The monoisotopic (exact) mass is 126 g/mol. The summed E-state index contributed by atoms with van der Waals surface area (Å²) in [6, 6.07) is -0.512. The van der Waals surface area contributed by atoms with E-state index in [0.29, 0.717) is 0 Å². The Balaban J connectivity index is 4.03. The van der Waals surface area contributed by atoms with Crippen molar-refractivity contribution < 1.29 is 4.79 Å². The molecule has 0 aliphatic carbocycles. The Hall–Kier alpha value is -1.09. The zero-order valence-electron chi connectivity index (χ0n) is 5.13. The number of carbonyl (C=O) groups excluding carboxylic acids is 1. The van der Waals surface area contributed by atoms with E-state index in [1.165, 1.54) is 6.08 Å². The van der Waals surface area contributed by atoms with Crippen LogP contribution in [0.1, 0.15) is 0 Å². The summed E-state index contributed by atoms with van der Waals surface area (Å²) in [4.78, 5) is 10.3. The molecule has 0 saturated carbocycles. The lowest BCUT2D eigenvalue weighted by Gasteiger charge is -2.03. The molecule has 0 saturated heterocycles. The van der Waals surface area contributed by atoms with Crippen LogP contribution in [0, 0.1) is 0 Å². The van der Waals surface area contributed by atoms with E-state index in [1.807, 2.05) is 0 Å². The van der Waals surface area contributed by atoms with Gasteiger partial charge in [-0.2, -0.15) is 0 Å². The van der Waals surface area contributed by atoms with Crippen molar-refractivity contribution in [3.8, 4) is 0 Å². The topological polar surface area (TPSA) is 69.1 Å². The number of amides is 1. The largest absolute Gasteiger partial charge is 0.366 e. The minimum atomic E-state index is -0.581. The summed E-state index contributed by atoms with van der Waals surface area (Å²) in [6.07, 6.45) is 1.41. The summed E-state index contributed by atoms with van der Waals surface area (Å²) in [7, 11) is 0. The van der Waals surface area contributed by atoms with Gasteiger partial charge in [-0.05, 0) is 0 Å². The summed E-state index contributed by atoms with van der Waals surface area (Å²) in [5.41, 5.74) is 10.3. The molecule has 4 N–H and O–H groups in total. The molecule has 3 nitrogen and oxygen atoms in total. The van der Waals surface area contributed by atoms with Gasteiger partial charge in [-0.25, -0.2) is 0 Å². The van der Waals surface area contributed by atoms with Crippen LogP contribution in [0.15, 0.2) is 24.8 Å². The molecule has 0 fully saturated rings. The quantitative estimate of drug-likeness (QED) is 0.397. The molecule has 0 heterocycles. The van der Waals surface area contributed by atoms with Crippen LogP contribution in [-0.4, -0.2) is 11.9 Å². The molecule has 1 unspecified atom stereocenters. The molecule has 0 spiro atoms. The Morgan fingerprint density at radius 1 is 1.67 bits per heavy atom. The molecule has 1 atom stereocenters. The predicted molar refractivity (Wildman–Crippen MR) is 36.5 cm³/mol. The zero-order valence-corrected chi connectivity index (χ0v) is 5.13. The first-order valence-corrected chi connectivity index (χ1v) is 2.46. The fourth-order valence-electron chi connectivity index (χ4n) is 0.307. The molecular formula is C6H10N2O. The van der Waals surface area contributed by atoms with Crippen LogP contribution in [0.25, 0.3) is 0 Å². The van der Waals surface area contributed by atoms with Crippen molar-refractivity contribution in [3.05, 3.63) is 24.8 Å². The highest BCUT2D eigenvalue weighted by Gasteiger charge is 2.06. The van der Waals surface area contributed by atoms with Gasteiger partial charge in [-0.3, -0.25) is 4.79 Å². The molecule has 0 aliphatic rings. The highest BCUT2D eigenvalue weighted by atomic mass is 16.1. The van der Waals surface area contributed by atoms with Gasteiger partial charge in [0.1, 0.15) is 0 Å². The summed E-state index contributed by atoms with van der Waals surface area (Å²) < 4.78 is 0. The molecular weight excluding hydrogens is 116 g/mol. The third-order valence-corrected chi connectivity index (χ3v) is 0.973. The van der Waals surface area contributed by atoms with Gasteiger partial charge in [-0.15, -0.1) is 6.58 Å². The Kier molecular flexibility index (Phi) is 2.67. The second-order valence-corrected chi connectivity index (χ2v) is 1.65. The van der Waals surface area contributed by atoms with E-state index < -0.39 is 11.9 Å². The van der Waals surface area contributed by atoms with Crippen molar-refractivity contribution in [2.24, 2.45) is 11.5 Å². The second-order valence-electron chi connectivity index (χ2n) is 1.65. The van der Waals surface area contributed by atoms with Gasteiger partial charge in [0.2, 0.25) is 5.91 Å². The Morgan fingerprint density at radius 2 is 2.11 bits per heavy atom. The van der Waals surface area contributed by atoms with E-state index in [0.717, 1.165) is 0 Å². The van der Waals surface area contributed by atoms with Crippen LogP contribution in [0.5, 0.6) is 0 Å². The van der Waals surface area contributed by atoms with Crippen LogP contribution in [0.4, 0.5) is 0 Å². The average molecular weight is 126 g/mol. The summed E-state index contributed by atoms with van der Waals surface area (Å²) in [6.45, 7) is 6.72. The van der Waals surface area contributed by atoms with Crippen LogP contribution in [0.3, 0.4) is 0 Å². The van der Waals surface area contributed by atoms with Gasteiger partial charge in [0.15, 0.2) is 0 Å². The SMILES string of the molecule is C=CC(N)C(=C)C(N)=O. The Morgan fingerprint density at radius 3 is 2.22 bits per heavy atom. The zero-order chi connectivity index (χ0) is 7.44. The maximum atomic E-state index is 10.3. The Labute approximate surface area is 54.0 Å². The molecule has 0 radical (unpaired) electrons. The van der Waals surface area contributed by atoms with Crippen LogP contribution < -0.4 is 11.5 Å². The van der Waals surface area contributed by atoms with Crippen molar-refractivity contribution in [1.82, 2.24) is 0 Å². The maximum Gasteiger partial charge on any atom is 0.245 e. The van der Waals surface area contributed by atoms with Gasteiger partial charge < -0.3 is 11.5 Å². The minimum absolute atomic E-state index is 0.185.